The zero-order chi connectivity index (χ0) is 33.6. The summed E-state index contributed by atoms with van der Waals surface area (Å²) >= 11 is 0. The molecule has 0 saturated heterocycles. The van der Waals surface area contributed by atoms with Crippen LogP contribution in [0.3, 0.4) is 0 Å². The highest BCUT2D eigenvalue weighted by Crippen LogP contribution is 2.51. The number of hydrogen-bond donors (Lipinski definition) is 1. The molecule has 3 aromatic carbocycles. The molecule has 1 atom stereocenters. The monoisotopic (exact) mass is 632 g/mol. The number of nitrogens with zero attached hydrogens (tertiary/aromatic N) is 3. The molecule has 1 aliphatic carbocycles. The number of nitro groups is 1. The van der Waals surface area contributed by atoms with Gasteiger partial charge in [0.25, 0.3) is 5.69 Å². The van der Waals surface area contributed by atoms with E-state index in [4.69, 9.17) is 15.2 Å². The van der Waals surface area contributed by atoms with Crippen LogP contribution in [0.4, 0.5) is 24.5 Å². The fourth-order valence-corrected chi connectivity index (χ4v) is 6.13. The number of allylic oxidation sites excluding steroid dienone is 3. The van der Waals surface area contributed by atoms with Gasteiger partial charge in [-0.3, -0.25) is 19.8 Å². The second kappa shape index (κ2) is 11.9. The molecule has 0 saturated carbocycles. The third kappa shape index (κ3) is 6.00. The number of ketones is 1. The molecule has 46 heavy (non-hydrogen) atoms. The summed E-state index contributed by atoms with van der Waals surface area (Å²) in [6.45, 7) is 5.39. The number of Topliss-reactive ketones (excluding diaryl/α,β-unsaturated/α-hetero) is 1. The van der Waals surface area contributed by atoms with Gasteiger partial charge in [-0.15, -0.1) is 0 Å². The van der Waals surface area contributed by atoms with Crippen molar-refractivity contribution in [1.82, 2.24) is 0 Å². The number of alkyl halides is 3. The average molecular weight is 633 g/mol. The molecule has 0 unspecified atom stereocenters. The Bertz CT molecular complexity index is 1860. The van der Waals surface area contributed by atoms with Crippen molar-refractivity contribution in [2.75, 3.05) is 12.0 Å². The summed E-state index contributed by atoms with van der Waals surface area (Å²) in [6, 6.07) is 16.3. The Morgan fingerprint density at radius 1 is 1.13 bits per heavy atom. The minimum atomic E-state index is -4.61. The minimum Gasteiger partial charge on any atom is -0.496 e. The predicted molar refractivity (Wildman–Crippen MR) is 164 cm³/mol. The van der Waals surface area contributed by atoms with E-state index in [2.05, 4.69) is 6.07 Å². The molecular formula is C34H31F3N4O5. The van der Waals surface area contributed by atoms with E-state index in [1.165, 1.54) is 36.3 Å². The van der Waals surface area contributed by atoms with Crippen molar-refractivity contribution in [1.29, 1.82) is 5.26 Å². The molecule has 2 N–H and O–H groups in total. The van der Waals surface area contributed by atoms with Crippen molar-refractivity contribution in [3.8, 4) is 17.6 Å². The lowest BCUT2D eigenvalue weighted by Gasteiger charge is -2.44. The maximum atomic E-state index is 13.9. The van der Waals surface area contributed by atoms with Gasteiger partial charge < -0.3 is 15.2 Å². The van der Waals surface area contributed by atoms with Crippen LogP contribution in [0.5, 0.6) is 11.5 Å². The van der Waals surface area contributed by atoms with Crippen LogP contribution in [0, 0.1) is 33.8 Å². The Morgan fingerprint density at radius 3 is 2.50 bits per heavy atom. The molecule has 0 amide bonds. The molecule has 12 heteroatoms. The van der Waals surface area contributed by atoms with E-state index in [-0.39, 0.29) is 41.6 Å². The molecule has 3 aromatic rings. The normalized spacial score (nSPS) is 17.8. The maximum Gasteiger partial charge on any atom is 0.416 e. The Balaban J connectivity index is 1.62. The first-order chi connectivity index (χ1) is 21.6. The van der Waals surface area contributed by atoms with Crippen LogP contribution in [0.15, 0.2) is 83.3 Å². The third-order valence-electron chi connectivity index (χ3n) is 8.21. The van der Waals surface area contributed by atoms with Crippen LogP contribution in [0.25, 0.3) is 0 Å². The molecule has 0 bridgehead atoms. The molecule has 238 valence electrons. The average Bonchev–Trinajstić information content (AvgIpc) is 2.98. The lowest BCUT2D eigenvalue weighted by atomic mass is 9.68. The number of nitrogens with two attached hydrogens (primary N) is 1. The topological polar surface area (TPSA) is 132 Å². The highest BCUT2D eigenvalue weighted by molar-refractivity contribution is 6.01. The molecule has 0 radical (unpaired) electrons. The number of methoxy groups -OCH3 is 1. The fraction of sp³-hybridized carbons (Fsp3) is 0.294. The van der Waals surface area contributed by atoms with Gasteiger partial charge in [-0.25, -0.2) is 0 Å². The molecule has 1 heterocycles. The Labute approximate surface area is 263 Å². The van der Waals surface area contributed by atoms with Gasteiger partial charge in [-0.05, 0) is 66.8 Å². The molecule has 5 rings (SSSR count). The zero-order valence-corrected chi connectivity index (χ0v) is 25.6. The molecule has 0 spiro atoms. The van der Waals surface area contributed by atoms with Crippen LogP contribution in [0.1, 0.15) is 54.9 Å². The van der Waals surface area contributed by atoms with Crippen LogP contribution in [-0.2, 0) is 17.6 Å². The highest BCUT2D eigenvalue weighted by Gasteiger charge is 2.45. The van der Waals surface area contributed by atoms with Gasteiger partial charge in [0.1, 0.15) is 23.9 Å². The van der Waals surface area contributed by atoms with Gasteiger partial charge in [0.2, 0.25) is 0 Å². The van der Waals surface area contributed by atoms with E-state index in [0.29, 0.717) is 45.9 Å². The summed E-state index contributed by atoms with van der Waals surface area (Å²) in [5.74, 6) is -0.336. The summed E-state index contributed by atoms with van der Waals surface area (Å²) in [7, 11) is 1.48. The first-order valence-corrected chi connectivity index (χ1v) is 14.3. The van der Waals surface area contributed by atoms with Crippen molar-refractivity contribution in [3.63, 3.8) is 0 Å². The molecule has 9 nitrogen and oxygen atoms in total. The molecule has 1 aliphatic heterocycles. The maximum absolute atomic E-state index is 13.9. The smallest absolute Gasteiger partial charge is 0.416 e. The molecule has 0 fully saturated rings. The first kappa shape index (κ1) is 32.1. The first-order valence-electron chi connectivity index (χ1n) is 14.3. The second-order valence-electron chi connectivity index (χ2n) is 12.1. The number of nitriles is 1. The SMILES string of the molecule is COc1ccc([C@@H]2C(C#N)=C(N)N(c3cccc(C(F)(F)F)c3)C3=C2C(=O)CC(C)(C)C3)cc1COc1ccc([N+](=O)[O-])c(C)c1. The summed E-state index contributed by atoms with van der Waals surface area (Å²) in [5, 5.41) is 21.6. The Hall–Kier alpha value is -5.31. The number of hydrogen-bond acceptors (Lipinski definition) is 8. The number of carbonyl (C=O) groups excluding carboxylic acids is 1. The van der Waals surface area contributed by atoms with E-state index < -0.39 is 28.0 Å². The van der Waals surface area contributed by atoms with Gasteiger partial charge in [0, 0.05) is 40.6 Å². The van der Waals surface area contributed by atoms with E-state index in [1.807, 2.05) is 13.8 Å². The van der Waals surface area contributed by atoms with E-state index in [1.54, 1.807) is 31.2 Å². The quantitative estimate of drug-likeness (QED) is 0.210. The predicted octanol–water partition coefficient (Wildman–Crippen LogP) is 7.45. The van der Waals surface area contributed by atoms with Crippen molar-refractivity contribution < 1.29 is 32.4 Å². The van der Waals surface area contributed by atoms with Gasteiger partial charge >= 0.3 is 6.18 Å². The van der Waals surface area contributed by atoms with Gasteiger partial charge in [0.15, 0.2) is 5.78 Å². The number of nitro benzene ring substituents is 1. The van der Waals surface area contributed by atoms with Crippen molar-refractivity contribution >= 4 is 17.2 Å². The lowest BCUT2D eigenvalue weighted by molar-refractivity contribution is -0.385. The van der Waals surface area contributed by atoms with Gasteiger partial charge in [-0.2, -0.15) is 18.4 Å². The molecule has 2 aliphatic rings. The zero-order valence-electron chi connectivity index (χ0n) is 25.6. The fourth-order valence-electron chi connectivity index (χ4n) is 6.13. The van der Waals surface area contributed by atoms with Crippen LogP contribution >= 0.6 is 0 Å². The minimum absolute atomic E-state index is 0.00862. The number of aryl methyl sites for hydroxylation is 1. The van der Waals surface area contributed by atoms with Crippen LogP contribution < -0.4 is 20.1 Å². The van der Waals surface area contributed by atoms with Crippen molar-refractivity contribution in [2.45, 2.75) is 52.3 Å². The number of carbonyl (C=O) groups is 1. The van der Waals surface area contributed by atoms with E-state index in [0.717, 1.165) is 12.1 Å². The summed E-state index contributed by atoms with van der Waals surface area (Å²) in [5.41, 5.74) is 7.57. The summed E-state index contributed by atoms with van der Waals surface area (Å²) < 4.78 is 52.6. The highest BCUT2D eigenvalue weighted by atomic mass is 19.4. The second-order valence-corrected chi connectivity index (χ2v) is 12.1. The van der Waals surface area contributed by atoms with Crippen molar-refractivity contribution in [2.24, 2.45) is 11.1 Å². The van der Waals surface area contributed by atoms with E-state index in [9.17, 15) is 33.3 Å². The Kier molecular flexibility index (Phi) is 8.30. The number of rotatable bonds is 7. The number of benzene rings is 3. The number of halogens is 3. The van der Waals surface area contributed by atoms with Crippen molar-refractivity contribution in [3.05, 3.63) is 116 Å². The standard InChI is InChI=1S/C34H31F3N4O5/c1-19-12-24(9-10-26(19)41(43)44)46-18-21-13-20(8-11-29(21)45-4)30-25(17-38)32(39)40(23-7-5-6-22(14-23)34(35,36)37)27-15-33(2,3)16-28(42)31(27)30/h5-14,30H,15-16,18,39H2,1-4H3/t30-/m1/s1. The van der Waals surface area contributed by atoms with Gasteiger partial charge in [0.05, 0.1) is 35.2 Å². The summed E-state index contributed by atoms with van der Waals surface area (Å²) in [4.78, 5) is 26.0. The lowest BCUT2D eigenvalue weighted by Crippen LogP contribution is -2.42. The summed E-state index contributed by atoms with van der Waals surface area (Å²) in [6.07, 6.45) is -4.12. The van der Waals surface area contributed by atoms with E-state index >= 15 is 0 Å². The van der Waals surface area contributed by atoms with Crippen LogP contribution in [-0.4, -0.2) is 17.8 Å². The number of ether oxygens (including phenoxy) is 2. The number of anilines is 1. The molecular weight excluding hydrogens is 601 g/mol. The molecule has 0 aromatic heterocycles. The largest absolute Gasteiger partial charge is 0.496 e. The third-order valence-corrected chi connectivity index (χ3v) is 8.21. The van der Waals surface area contributed by atoms with Gasteiger partial charge in [-0.1, -0.05) is 26.0 Å². The van der Waals surface area contributed by atoms with Crippen LogP contribution in [0.2, 0.25) is 0 Å². The Morgan fingerprint density at radius 2 is 1.87 bits per heavy atom.